The van der Waals surface area contributed by atoms with E-state index >= 15 is 0 Å². The van der Waals surface area contributed by atoms with Crippen LogP contribution in [0.2, 0.25) is 0 Å². The van der Waals surface area contributed by atoms with Crippen molar-refractivity contribution in [2.24, 2.45) is 0 Å². The molecule has 1 saturated heterocycles. The van der Waals surface area contributed by atoms with E-state index in [1.54, 1.807) is 41.4 Å². The van der Waals surface area contributed by atoms with E-state index in [2.05, 4.69) is 9.71 Å². The Morgan fingerprint density at radius 1 is 1.04 bits per heavy atom. The molecule has 1 N–H and O–H groups in total. The first-order chi connectivity index (χ1) is 13.5. The molecule has 1 aromatic heterocycles. The van der Waals surface area contributed by atoms with Crippen LogP contribution in [-0.2, 0) is 14.8 Å². The minimum atomic E-state index is -3.88. The molecular weight excluding hydrogens is 378 g/mol. The summed E-state index contributed by atoms with van der Waals surface area (Å²) >= 11 is 0. The number of para-hydroxylation sites is 1. The second-order valence-corrected chi connectivity index (χ2v) is 8.10. The normalized spacial score (nSPS) is 14.8. The summed E-state index contributed by atoms with van der Waals surface area (Å²) in [6.45, 7) is 1.96. The second kappa shape index (κ2) is 7.57. The van der Waals surface area contributed by atoms with Crippen LogP contribution < -0.4 is 4.72 Å². The van der Waals surface area contributed by atoms with Crippen molar-refractivity contribution in [2.45, 2.75) is 4.90 Å². The summed E-state index contributed by atoms with van der Waals surface area (Å²) in [7, 11) is -3.88. The highest BCUT2D eigenvalue weighted by Gasteiger charge is 2.22. The van der Waals surface area contributed by atoms with Gasteiger partial charge < -0.3 is 9.64 Å². The van der Waals surface area contributed by atoms with Gasteiger partial charge in [0.25, 0.3) is 15.9 Å². The van der Waals surface area contributed by atoms with Crippen molar-refractivity contribution >= 4 is 32.5 Å². The quantitative estimate of drug-likeness (QED) is 0.731. The van der Waals surface area contributed by atoms with Gasteiger partial charge in [0.1, 0.15) is 0 Å². The van der Waals surface area contributed by atoms with Crippen LogP contribution in [0.4, 0.5) is 5.69 Å². The molecule has 1 fully saturated rings. The molecule has 1 aliphatic rings. The van der Waals surface area contributed by atoms with Crippen molar-refractivity contribution in [3.05, 3.63) is 66.4 Å². The van der Waals surface area contributed by atoms with Gasteiger partial charge in [0.15, 0.2) is 0 Å². The van der Waals surface area contributed by atoms with Crippen LogP contribution in [0.3, 0.4) is 0 Å². The van der Waals surface area contributed by atoms with E-state index in [9.17, 15) is 13.2 Å². The number of anilines is 1. The molecule has 3 aromatic rings. The third kappa shape index (κ3) is 3.69. The number of carbonyl (C=O) groups excluding carboxylic acids is 1. The summed E-state index contributed by atoms with van der Waals surface area (Å²) in [4.78, 5) is 18.6. The van der Waals surface area contributed by atoms with Crippen LogP contribution in [0.25, 0.3) is 10.9 Å². The standard InChI is InChI=1S/C20H19N3O4S/c24-20(23-10-12-27-13-11-23)16-5-1-7-17(14-16)28(25,26)22-18-8-2-4-15-6-3-9-21-19(15)18/h1-9,14,22H,10-13H2. The number of rotatable bonds is 4. The predicted molar refractivity (Wildman–Crippen MR) is 106 cm³/mol. The summed E-state index contributed by atoms with van der Waals surface area (Å²) in [5, 5.41) is 0.832. The molecule has 0 aliphatic carbocycles. The first-order valence-corrected chi connectivity index (χ1v) is 10.4. The van der Waals surface area contributed by atoms with Crippen molar-refractivity contribution in [2.75, 3.05) is 31.0 Å². The van der Waals surface area contributed by atoms with Gasteiger partial charge in [0.05, 0.1) is 29.3 Å². The lowest BCUT2D eigenvalue weighted by Gasteiger charge is -2.27. The second-order valence-electron chi connectivity index (χ2n) is 6.42. The third-order valence-corrected chi connectivity index (χ3v) is 5.93. The maximum atomic E-state index is 12.9. The molecule has 7 nitrogen and oxygen atoms in total. The number of sulfonamides is 1. The Bertz CT molecular complexity index is 1120. The Kier molecular flexibility index (Phi) is 4.97. The zero-order valence-electron chi connectivity index (χ0n) is 15.0. The molecule has 28 heavy (non-hydrogen) atoms. The average Bonchev–Trinajstić information content (AvgIpc) is 2.74. The van der Waals surface area contributed by atoms with Crippen molar-refractivity contribution < 1.29 is 17.9 Å². The van der Waals surface area contributed by atoms with Crippen molar-refractivity contribution in [3.63, 3.8) is 0 Å². The smallest absolute Gasteiger partial charge is 0.261 e. The van der Waals surface area contributed by atoms with E-state index in [0.29, 0.717) is 43.1 Å². The largest absolute Gasteiger partial charge is 0.378 e. The highest BCUT2D eigenvalue weighted by Crippen LogP contribution is 2.24. The van der Waals surface area contributed by atoms with Crippen LogP contribution >= 0.6 is 0 Å². The summed E-state index contributed by atoms with van der Waals surface area (Å²) in [6, 6.07) is 15.0. The van der Waals surface area contributed by atoms with Crippen LogP contribution in [0.1, 0.15) is 10.4 Å². The van der Waals surface area contributed by atoms with Crippen LogP contribution in [0.15, 0.2) is 65.7 Å². The van der Waals surface area contributed by atoms with Gasteiger partial charge in [-0.25, -0.2) is 8.42 Å². The third-order valence-electron chi connectivity index (χ3n) is 4.57. The van der Waals surface area contributed by atoms with Crippen molar-refractivity contribution in [1.82, 2.24) is 9.88 Å². The minimum Gasteiger partial charge on any atom is -0.378 e. The molecule has 0 unspecified atom stereocenters. The van der Waals surface area contributed by atoms with Gasteiger partial charge in [-0.1, -0.05) is 24.3 Å². The minimum absolute atomic E-state index is 0.0274. The molecule has 0 saturated carbocycles. The lowest BCUT2D eigenvalue weighted by molar-refractivity contribution is 0.0302. The van der Waals surface area contributed by atoms with Gasteiger partial charge in [-0.05, 0) is 30.3 Å². The highest BCUT2D eigenvalue weighted by molar-refractivity contribution is 7.92. The number of hydrogen-bond acceptors (Lipinski definition) is 5. The van der Waals surface area contributed by atoms with Crippen molar-refractivity contribution in [3.8, 4) is 0 Å². The number of carbonyl (C=O) groups is 1. The van der Waals surface area contributed by atoms with Crippen LogP contribution in [0, 0.1) is 0 Å². The van der Waals surface area contributed by atoms with E-state index in [4.69, 9.17) is 4.74 Å². The van der Waals surface area contributed by atoms with E-state index in [1.807, 2.05) is 12.1 Å². The number of nitrogens with one attached hydrogen (secondary N) is 1. The molecule has 144 valence electrons. The summed E-state index contributed by atoms with van der Waals surface area (Å²) in [6.07, 6.45) is 1.61. The number of aromatic nitrogens is 1. The Morgan fingerprint density at radius 2 is 1.79 bits per heavy atom. The molecule has 8 heteroatoms. The SMILES string of the molecule is O=C(c1cccc(S(=O)(=O)Nc2cccc3cccnc23)c1)N1CCOCC1. The fourth-order valence-electron chi connectivity index (χ4n) is 3.14. The Hall–Kier alpha value is -2.97. The zero-order valence-corrected chi connectivity index (χ0v) is 15.9. The zero-order chi connectivity index (χ0) is 19.6. The maximum absolute atomic E-state index is 12.9. The molecule has 1 aliphatic heterocycles. The van der Waals surface area contributed by atoms with E-state index in [-0.39, 0.29) is 10.8 Å². The van der Waals surface area contributed by atoms with E-state index in [1.165, 1.54) is 12.1 Å². The van der Waals surface area contributed by atoms with E-state index in [0.717, 1.165) is 5.39 Å². The van der Waals surface area contributed by atoms with Crippen LogP contribution in [-0.4, -0.2) is 50.5 Å². The van der Waals surface area contributed by atoms with Gasteiger partial charge >= 0.3 is 0 Å². The fourth-order valence-corrected chi connectivity index (χ4v) is 4.25. The number of morpholine rings is 1. The first-order valence-electron chi connectivity index (χ1n) is 8.88. The molecule has 2 aromatic carbocycles. The number of pyridine rings is 1. The Balaban J connectivity index is 1.63. The highest BCUT2D eigenvalue weighted by atomic mass is 32.2. The molecule has 2 heterocycles. The fraction of sp³-hybridized carbons (Fsp3) is 0.200. The van der Waals surface area contributed by atoms with Gasteiger partial charge in [0.2, 0.25) is 0 Å². The number of benzene rings is 2. The van der Waals surface area contributed by atoms with Gasteiger partial charge in [-0.15, -0.1) is 0 Å². The summed E-state index contributed by atoms with van der Waals surface area (Å²) in [5.41, 5.74) is 1.29. The molecule has 0 bridgehead atoms. The van der Waals surface area contributed by atoms with E-state index < -0.39 is 10.0 Å². The predicted octanol–water partition coefficient (Wildman–Crippen LogP) is 2.51. The number of ether oxygens (including phenoxy) is 1. The molecular formula is C20H19N3O4S. The van der Waals surface area contributed by atoms with Gasteiger partial charge in [-0.3, -0.25) is 14.5 Å². The lowest BCUT2D eigenvalue weighted by Crippen LogP contribution is -2.40. The molecule has 1 amide bonds. The maximum Gasteiger partial charge on any atom is 0.261 e. The Morgan fingerprint density at radius 3 is 2.61 bits per heavy atom. The molecule has 0 spiro atoms. The molecule has 0 radical (unpaired) electrons. The number of nitrogens with zero attached hydrogens (tertiary/aromatic N) is 2. The number of hydrogen-bond donors (Lipinski definition) is 1. The topological polar surface area (TPSA) is 88.6 Å². The van der Waals surface area contributed by atoms with Gasteiger partial charge in [-0.2, -0.15) is 0 Å². The van der Waals surface area contributed by atoms with Gasteiger partial charge in [0, 0.05) is 30.2 Å². The summed E-state index contributed by atoms with van der Waals surface area (Å²) < 4.78 is 33.7. The van der Waals surface area contributed by atoms with Crippen molar-refractivity contribution in [1.29, 1.82) is 0 Å². The summed E-state index contributed by atoms with van der Waals surface area (Å²) in [5.74, 6) is -0.202. The Labute approximate surface area is 163 Å². The van der Waals surface area contributed by atoms with Crippen LogP contribution in [0.5, 0.6) is 0 Å². The monoisotopic (exact) mass is 397 g/mol. The number of amides is 1. The number of fused-ring (bicyclic) bond motifs is 1. The molecule has 0 atom stereocenters. The molecule has 4 rings (SSSR count). The first kappa shape index (κ1) is 18.4. The average molecular weight is 397 g/mol. The lowest BCUT2D eigenvalue weighted by atomic mass is 10.2.